The second-order valence-corrected chi connectivity index (χ2v) is 9.86. The van der Waals surface area contributed by atoms with Crippen molar-refractivity contribution in [3.05, 3.63) is 17.0 Å². The van der Waals surface area contributed by atoms with Crippen molar-refractivity contribution in [1.82, 2.24) is 15.1 Å². The Morgan fingerprint density at radius 1 is 1.06 bits per heavy atom. The predicted molar refractivity (Wildman–Crippen MR) is 120 cm³/mol. The lowest BCUT2D eigenvalue weighted by molar-refractivity contribution is -0.148. The molecule has 31 heavy (non-hydrogen) atoms. The first-order chi connectivity index (χ1) is 15.1. The lowest BCUT2D eigenvalue weighted by atomic mass is 9.84. The maximum atomic E-state index is 13.3. The minimum Gasteiger partial charge on any atom is -0.466 e. The summed E-state index contributed by atoms with van der Waals surface area (Å²) in [6, 6.07) is 0.528. The van der Waals surface area contributed by atoms with Crippen LogP contribution in [0.3, 0.4) is 0 Å². The zero-order chi connectivity index (χ0) is 21.8. The van der Waals surface area contributed by atoms with Crippen LogP contribution in [0.25, 0.3) is 0 Å². The third kappa shape index (κ3) is 4.98. The molecule has 172 valence electrons. The van der Waals surface area contributed by atoms with Gasteiger partial charge in [0, 0.05) is 23.7 Å². The zero-order valence-corrected chi connectivity index (χ0v) is 19.3. The van der Waals surface area contributed by atoms with E-state index in [9.17, 15) is 9.59 Å². The Morgan fingerprint density at radius 2 is 1.74 bits per heavy atom. The van der Waals surface area contributed by atoms with Crippen LogP contribution in [0, 0.1) is 11.8 Å². The molecule has 0 radical (unpaired) electrons. The molecule has 1 amide bonds. The van der Waals surface area contributed by atoms with Crippen LogP contribution in [-0.2, 0) is 22.4 Å². The molecule has 0 aliphatic heterocycles. The van der Waals surface area contributed by atoms with Gasteiger partial charge in [0.2, 0.25) is 0 Å². The fourth-order valence-electron chi connectivity index (χ4n) is 5.94. The van der Waals surface area contributed by atoms with Crippen molar-refractivity contribution in [2.24, 2.45) is 11.8 Å². The molecule has 1 aromatic rings. The van der Waals surface area contributed by atoms with Crippen molar-refractivity contribution >= 4 is 11.9 Å². The summed E-state index contributed by atoms with van der Waals surface area (Å²) >= 11 is 0. The van der Waals surface area contributed by atoms with Crippen LogP contribution in [0.4, 0.5) is 0 Å². The van der Waals surface area contributed by atoms with E-state index < -0.39 is 0 Å². The van der Waals surface area contributed by atoms with Gasteiger partial charge in [-0.1, -0.05) is 38.5 Å². The Kier molecular flexibility index (Phi) is 7.34. The van der Waals surface area contributed by atoms with Crippen molar-refractivity contribution in [2.75, 3.05) is 6.61 Å². The molecule has 2 atom stereocenters. The maximum Gasteiger partial charge on any atom is 0.309 e. The second-order valence-electron chi connectivity index (χ2n) is 9.86. The van der Waals surface area contributed by atoms with E-state index >= 15 is 0 Å². The summed E-state index contributed by atoms with van der Waals surface area (Å²) in [7, 11) is 0. The van der Waals surface area contributed by atoms with E-state index in [1.54, 1.807) is 0 Å². The number of esters is 1. The van der Waals surface area contributed by atoms with Crippen molar-refractivity contribution in [3.8, 4) is 0 Å². The number of carbonyl (C=O) groups is 2. The van der Waals surface area contributed by atoms with E-state index in [1.807, 2.05) is 6.92 Å². The molecule has 0 bridgehead atoms. The van der Waals surface area contributed by atoms with Crippen LogP contribution in [0.15, 0.2) is 0 Å². The summed E-state index contributed by atoms with van der Waals surface area (Å²) in [5, 5.41) is 8.19. The fourth-order valence-corrected chi connectivity index (χ4v) is 5.94. The van der Waals surface area contributed by atoms with E-state index in [1.165, 1.54) is 51.4 Å². The summed E-state index contributed by atoms with van der Waals surface area (Å²) in [5.41, 5.74) is 2.77. The van der Waals surface area contributed by atoms with Crippen LogP contribution in [0.5, 0.6) is 0 Å². The summed E-state index contributed by atoms with van der Waals surface area (Å²) < 4.78 is 7.43. The van der Waals surface area contributed by atoms with Crippen LogP contribution < -0.4 is 5.32 Å². The SMILES string of the molecule is CCOC(=O)C1CCc2c(C(=O)N[C@H](C)C3CCCCC3)nn(C3CCCCC3)c2C1. The highest BCUT2D eigenvalue weighted by atomic mass is 16.5. The van der Waals surface area contributed by atoms with Gasteiger partial charge < -0.3 is 10.1 Å². The Labute approximate surface area is 186 Å². The van der Waals surface area contributed by atoms with E-state index in [2.05, 4.69) is 16.9 Å². The lowest BCUT2D eigenvalue weighted by Gasteiger charge is -2.28. The van der Waals surface area contributed by atoms with Gasteiger partial charge in [-0.2, -0.15) is 5.10 Å². The third-order valence-corrected chi connectivity index (χ3v) is 7.77. The maximum absolute atomic E-state index is 13.3. The van der Waals surface area contributed by atoms with E-state index in [0.717, 1.165) is 36.9 Å². The predicted octanol–water partition coefficient (Wildman–Crippen LogP) is 4.75. The first-order valence-corrected chi connectivity index (χ1v) is 12.7. The normalized spacial score (nSPS) is 23.7. The molecule has 1 N–H and O–H groups in total. The number of amides is 1. The Morgan fingerprint density at radius 3 is 2.42 bits per heavy atom. The molecule has 1 aromatic heterocycles. The van der Waals surface area contributed by atoms with Gasteiger partial charge in [0.25, 0.3) is 5.91 Å². The van der Waals surface area contributed by atoms with Gasteiger partial charge in [0.15, 0.2) is 5.69 Å². The van der Waals surface area contributed by atoms with Gasteiger partial charge in [-0.15, -0.1) is 0 Å². The van der Waals surface area contributed by atoms with Gasteiger partial charge in [-0.05, 0) is 58.3 Å². The molecule has 2 fully saturated rings. The van der Waals surface area contributed by atoms with E-state index in [4.69, 9.17) is 9.84 Å². The number of nitrogens with zero attached hydrogens (tertiary/aromatic N) is 2. The molecule has 4 rings (SSSR count). The quantitative estimate of drug-likeness (QED) is 0.662. The molecular formula is C25H39N3O3. The summed E-state index contributed by atoms with van der Waals surface area (Å²) in [6.07, 6.45) is 14.3. The van der Waals surface area contributed by atoms with Gasteiger partial charge in [0.05, 0.1) is 18.6 Å². The topological polar surface area (TPSA) is 73.2 Å². The van der Waals surface area contributed by atoms with Crippen LogP contribution in [0.2, 0.25) is 0 Å². The monoisotopic (exact) mass is 429 g/mol. The van der Waals surface area contributed by atoms with Crippen LogP contribution in [-0.4, -0.2) is 34.3 Å². The minimum atomic E-state index is -0.122. The number of rotatable bonds is 6. The lowest BCUT2D eigenvalue weighted by Crippen LogP contribution is -2.39. The molecule has 3 aliphatic rings. The van der Waals surface area contributed by atoms with Crippen LogP contribution in [0.1, 0.15) is 112 Å². The van der Waals surface area contributed by atoms with Gasteiger partial charge in [-0.3, -0.25) is 14.3 Å². The largest absolute Gasteiger partial charge is 0.466 e. The van der Waals surface area contributed by atoms with Gasteiger partial charge in [-0.25, -0.2) is 0 Å². The zero-order valence-electron chi connectivity index (χ0n) is 19.3. The van der Waals surface area contributed by atoms with Crippen molar-refractivity contribution < 1.29 is 14.3 Å². The molecule has 0 aromatic carbocycles. The highest BCUT2D eigenvalue weighted by molar-refractivity contribution is 5.94. The van der Waals surface area contributed by atoms with Crippen molar-refractivity contribution in [2.45, 2.75) is 109 Å². The van der Waals surface area contributed by atoms with E-state index in [0.29, 0.717) is 30.7 Å². The molecule has 2 saturated carbocycles. The fraction of sp³-hybridized carbons (Fsp3) is 0.800. The molecule has 3 aliphatic carbocycles. The first-order valence-electron chi connectivity index (χ1n) is 12.7. The highest BCUT2D eigenvalue weighted by Crippen LogP contribution is 2.35. The average molecular weight is 430 g/mol. The molecule has 0 saturated heterocycles. The molecule has 0 spiro atoms. The smallest absolute Gasteiger partial charge is 0.309 e. The number of hydrogen-bond donors (Lipinski definition) is 1. The minimum absolute atomic E-state index is 0.0292. The number of nitrogens with one attached hydrogen (secondary N) is 1. The third-order valence-electron chi connectivity index (χ3n) is 7.77. The molecule has 6 heteroatoms. The molecule has 6 nitrogen and oxygen atoms in total. The Hall–Kier alpha value is -1.85. The van der Waals surface area contributed by atoms with E-state index in [-0.39, 0.29) is 23.8 Å². The Balaban J connectivity index is 1.56. The Bertz CT molecular complexity index is 775. The van der Waals surface area contributed by atoms with Crippen LogP contribution >= 0.6 is 0 Å². The average Bonchev–Trinajstić information content (AvgIpc) is 3.19. The molecule has 1 heterocycles. The standard InChI is InChI=1S/C25H39N3O3/c1-3-31-25(30)19-14-15-21-22(16-19)28(20-12-8-5-9-13-20)27-23(21)24(29)26-17(2)18-10-6-4-7-11-18/h17-20H,3-16H2,1-2H3,(H,26,29)/t17-,19?/m1/s1. The summed E-state index contributed by atoms with van der Waals surface area (Å²) in [4.78, 5) is 25.7. The van der Waals surface area contributed by atoms with Crippen molar-refractivity contribution in [3.63, 3.8) is 0 Å². The number of ether oxygens (including phenoxy) is 1. The number of carbonyl (C=O) groups excluding carboxylic acids is 2. The summed E-state index contributed by atoms with van der Waals surface area (Å²) in [6.45, 7) is 4.42. The molecule has 1 unspecified atom stereocenters. The van der Waals surface area contributed by atoms with Gasteiger partial charge >= 0.3 is 5.97 Å². The van der Waals surface area contributed by atoms with Crippen molar-refractivity contribution in [1.29, 1.82) is 0 Å². The number of hydrogen-bond acceptors (Lipinski definition) is 4. The second kappa shape index (κ2) is 10.2. The number of aromatic nitrogens is 2. The number of fused-ring (bicyclic) bond motifs is 1. The molecular weight excluding hydrogens is 390 g/mol. The highest BCUT2D eigenvalue weighted by Gasteiger charge is 2.35. The first kappa shape index (κ1) is 22.3. The van der Waals surface area contributed by atoms with Gasteiger partial charge in [0.1, 0.15) is 0 Å². The summed E-state index contributed by atoms with van der Waals surface area (Å²) in [5.74, 6) is 0.311.